The van der Waals surface area contributed by atoms with Gasteiger partial charge in [0, 0.05) is 0 Å². The van der Waals surface area contributed by atoms with Crippen molar-refractivity contribution in [1.82, 2.24) is 20.2 Å². The van der Waals surface area contributed by atoms with Crippen molar-refractivity contribution >= 4 is 0 Å². The summed E-state index contributed by atoms with van der Waals surface area (Å²) in [6, 6.07) is 0. The summed E-state index contributed by atoms with van der Waals surface area (Å²) in [5, 5.41) is 21.3. The van der Waals surface area contributed by atoms with Gasteiger partial charge in [-0.25, -0.2) is 4.68 Å². The SMILES string of the molecule is C=CCO[C@H]1O[C@@H]2Cn3nnnc3CO[C@@H]2[C@H]1O. The number of fused-ring (bicyclic) bond motifs is 2. The van der Waals surface area contributed by atoms with Gasteiger partial charge in [0.2, 0.25) is 0 Å². The predicted molar refractivity (Wildman–Crippen MR) is 57.2 cm³/mol. The highest BCUT2D eigenvalue weighted by atomic mass is 16.7. The fraction of sp³-hybridized carbons (Fsp3) is 0.700. The number of nitrogens with zero attached hydrogens (tertiary/aromatic N) is 4. The Morgan fingerprint density at radius 2 is 2.50 bits per heavy atom. The van der Waals surface area contributed by atoms with E-state index in [-0.39, 0.29) is 12.7 Å². The molecule has 4 atom stereocenters. The second-order valence-electron chi connectivity index (χ2n) is 4.21. The maximum absolute atomic E-state index is 10.1. The molecule has 2 aliphatic heterocycles. The second kappa shape index (κ2) is 4.73. The van der Waals surface area contributed by atoms with Crippen LogP contribution in [0.25, 0.3) is 0 Å². The summed E-state index contributed by atoms with van der Waals surface area (Å²) in [5.41, 5.74) is 0. The van der Waals surface area contributed by atoms with Gasteiger partial charge in [-0.2, -0.15) is 0 Å². The molecule has 8 heteroatoms. The molecule has 8 nitrogen and oxygen atoms in total. The molecular weight excluding hydrogens is 240 g/mol. The minimum absolute atomic E-state index is 0.253. The number of rotatable bonds is 3. The first-order valence-corrected chi connectivity index (χ1v) is 5.72. The van der Waals surface area contributed by atoms with E-state index in [4.69, 9.17) is 14.2 Å². The summed E-state index contributed by atoms with van der Waals surface area (Å²) in [4.78, 5) is 0. The van der Waals surface area contributed by atoms with Crippen LogP contribution in [0.5, 0.6) is 0 Å². The zero-order valence-electron chi connectivity index (χ0n) is 9.68. The van der Waals surface area contributed by atoms with E-state index in [1.165, 1.54) is 0 Å². The first-order chi connectivity index (χ1) is 8.79. The fourth-order valence-electron chi connectivity index (χ4n) is 2.17. The molecule has 1 fully saturated rings. The van der Waals surface area contributed by atoms with E-state index in [0.717, 1.165) is 0 Å². The highest BCUT2D eigenvalue weighted by Gasteiger charge is 2.47. The van der Waals surface area contributed by atoms with Crippen LogP contribution in [0.15, 0.2) is 12.7 Å². The molecule has 1 aromatic rings. The molecule has 3 rings (SSSR count). The van der Waals surface area contributed by atoms with Gasteiger partial charge in [0.1, 0.15) is 24.9 Å². The van der Waals surface area contributed by atoms with Crippen LogP contribution in [0.3, 0.4) is 0 Å². The average Bonchev–Trinajstić information content (AvgIpc) is 2.87. The molecule has 0 unspecified atom stereocenters. The third-order valence-electron chi connectivity index (χ3n) is 3.03. The summed E-state index contributed by atoms with van der Waals surface area (Å²) in [6.45, 7) is 4.56. The molecule has 0 bridgehead atoms. The molecule has 98 valence electrons. The van der Waals surface area contributed by atoms with Gasteiger partial charge in [-0.05, 0) is 10.4 Å². The number of tetrazole rings is 1. The second-order valence-corrected chi connectivity index (χ2v) is 4.21. The molecule has 0 spiro atoms. The van der Waals surface area contributed by atoms with Crippen molar-refractivity contribution in [3.8, 4) is 0 Å². The maximum Gasteiger partial charge on any atom is 0.186 e. The van der Waals surface area contributed by atoms with Crippen molar-refractivity contribution in [2.75, 3.05) is 6.61 Å². The van der Waals surface area contributed by atoms with Gasteiger partial charge >= 0.3 is 0 Å². The lowest BCUT2D eigenvalue weighted by atomic mass is 10.1. The Morgan fingerprint density at radius 3 is 3.33 bits per heavy atom. The minimum atomic E-state index is -0.826. The fourth-order valence-corrected chi connectivity index (χ4v) is 2.17. The van der Waals surface area contributed by atoms with Crippen molar-refractivity contribution in [2.24, 2.45) is 0 Å². The van der Waals surface area contributed by atoms with E-state index in [9.17, 15) is 5.11 Å². The molecule has 1 saturated heterocycles. The third kappa shape index (κ3) is 1.93. The number of aliphatic hydroxyl groups is 1. The lowest BCUT2D eigenvalue weighted by Gasteiger charge is -2.17. The van der Waals surface area contributed by atoms with Crippen LogP contribution >= 0.6 is 0 Å². The Balaban J connectivity index is 1.73. The van der Waals surface area contributed by atoms with Crippen molar-refractivity contribution < 1.29 is 19.3 Å². The van der Waals surface area contributed by atoms with Crippen LogP contribution in [0, 0.1) is 0 Å². The van der Waals surface area contributed by atoms with Gasteiger partial charge in [-0.1, -0.05) is 6.08 Å². The molecule has 2 aliphatic rings. The first kappa shape index (κ1) is 11.7. The van der Waals surface area contributed by atoms with Crippen LogP contribution in [0.4, 0.5) is 0 Å². The van der Waals surface area contributed by atoms with Gasteiger partial charge in [-0.15, -0.1) is 11.7 Å². The summed E-state index contributed by atoms with van der Waals surface area (Å²) in [6.07, 6.45) is -0.684. The lowest BCUT2D eigenvalue weighted by Crippen LogP contribution is -2.36. The largest absolute Gasteiger partial charge is 0.385 e. The summed E-state index contributed by atoms with van der Waals surface area (Å²) >= 11 is 0. The van der Waals surface area contributed by atoms with Crippen LogP contribution in [-0.2, 0) is 27.4 Å². The summed E-state index contributed by atoms with van der Waals surface area (Å²) < 4.78 is 18.2. The Bertz CT molecular complexity index is 437. The molecular formula is C10H14N4O4. The number of aliphatic hydroxyl groups excluding tert-OH is 1. The molecule has 3 heterocycles. The van der Waals surface area contributed by atoms with Gasteiger partial charge in [-0.3, -0.25) is 0 Å². The van der Waals surface area contributed by atoms with Crippen molar-refractivity contribution in [3.63, 3.8) is 0 Å². The topological polar surface area (TPSA) is 91.5 Å². The Morgan fingerprint density at radius 1 is 1.61 bits per heavy atom. The van der Waals surface area contributed by atoms with Gasteiger partial charge in [0.15, 0.2) is 12.1 Å². The van der Waals surface area contributed by atoms with Crippen LogP contribution in [0.1, 0.15) is 5.82 Å². The number of hydrogen-bond donors (Lipinski definition) is 1. The van der Waals surface area contributed by atoms with Crippen molar-refractivity contribution in [1.29, 1.82) is 0 Å². The highest BCUT2D eigenvalue weighted by molar-refractivity contribution is 4.93. The Labute approximate surface area is 103 Å². The monoisotopic (exact) mass is 254 g/mol. The van der Waals surface area contributed by atoms with Crippen LogP contribution in [-0.4, -0.2) is 56.5 Å². The minimum Gasteiger partial charge on any atom is -0.385 e. The highest BCUT2D eigenvalue weighted by Crippen LogP contribution is 2.28. The molecule has 0 aliphatic carbocycles. The predicted octanol–water partition coefficient (Wildman–Crippen LogP) is -1.14. The normalized spacial score (nSPS) is 34.7. The van der Waals surface area contributed by atoms with E-state index in [0.29, 0.717) is 19.0 Å². The first-order valence-electron chi connectivity index (χ1n) is 5.72. The maximum atomic E-state index is 10.1. The van der Waals surface area contributed by atoms with E-state index >= 15 is 0 Å². The standard InChI is InChI=1S/C10H14N4O4/c1-2-3-16-10-8(15)9-6(18-10)4-14-7(5-17-9)11-12-13-14/h2,6,8-10,15H,1,3-5H2/t6-,8-,9+,10+/m1/s1. The number of ether oxygens (including phenoxy) is 3. The molecule has 0 aromatic carbocycles. The zero-order valence-corrected chi connectivity index (χ0v) is 9.68. The third-order valence-corrected chi connectivity index (χ3v) is 3.03. The molecule has 1 N–H and O–H groups in total. The quantitative estimate of drug-likeness (QED) is 0.682. The van der Waals surface area contributed by atoms with E-state index in [2.05, 4.69) is 22.1 Å². The molecule has 0 radical (unpaired) electrons. The van der Waals surface area contributed by atoms with E-state index in [1.54, 1.807) is 10.8 Å². The number of hydrogen-bond acceptors (Lipinski definition) is 7. The Hall–Kier alpha value is -1.35. The Kier molecular flexibility index (Phi) is 3.08. The van der Waals surface area contributed by atoms with Gasteiger partial charge in [0.05, 0.1) is 13.2 Å². The smallest absolute Gasteiger partial charge is 0.186 e. The molecule has 0 amide bonds. The summed E-state index contributed by atoms with van der Waals surface area (Å²) in [7, 11) is 0. The van der Waals surface area contributed by atoms with Gasteiger partial charge < -0.3 is 19.3 Å². The lowest BCUT2D eigenvalue weighted by molar-refractivity contribution is -0.161. The van der Waals surface area contributed by atoms with Crippen molar-refractivity contribution in [3.05, 3.63) is 18.5 Å². The molecule has 18 heavy (non-hydrogen) atoms. The van der Waals surface area contributed by atoms with Gasteiger partial charge in [0.25, 0.3) is 0 Å². The molecule has 0 saturated carbocycles. The van der Waals surface area contributed by atoms with Crippen LogP contribution < -0.4 is 0 Å². The van der Waals surface area contributed by atoms with E-state index in [1.807, 2.05) is 0 Å². The van der Waals surface area contributed by atoms with E-state index < -0.39 is 18.5 Å². The zero-order chi connectivity index (χ0) is 12.5. The molecule has 1 aromatic heterocycles. The van der Waals surface area contributed by atoms with Crippen LogP contribution in [0.2, 0.25) is 0 Å². The number of aromatic nitrogens is 4. The summed E-state index contributed by atoms with van der Waals surface area (Å²) in [5.74, 6) is 0.628. The average molecular weight is 254 g/mol. The van der Waals surface area contributed by atoms with Crippen molar-refractivity contribution in [2.45, 2.75) is 37.8 Å².